The van der Waals surface area contributed by atoms with Gasteiger partial charge in [-0.3, -0.25) is 4.90 Å². The van der Waals surface area contributed by atoms with Crippen LogP contribution in [0.1, 0.15) is 37.9 Å². The molecular formula is C24H27F2N7O. The van der Waals surface area contributed by atoms with Crippen molar-refractivity contribution in [2.24, 2.45) is 5.92 Å². The number of nitrogens with zero attached hydrogens (tertiary/aromatic N) is 6. The van der Waals surface area contributed by atoms with Crippen molar-refractivity contribution in [1.82, 2.24) is 24.4 Å². The predicted molar refractivity (Wildman–Crippen MR) is 124 cm³/mol. The summed E-state index contributed by atoms with van der Waals surface area (Å²) in [5.41, 5.74) is 0.628. The maximum Gasteiger partial charge on any atom is 0.325 e. The lowest BCUT2D eigenvalue weighted by molar-refractivity contribution is 0.229. The number of carbonyl (C=O) groups is 1. The molecule has 1 saturated carbocycles. The first-order chi connectivity index (χ1) is 16.2. The first kappa shape index (κ1) is 22.2. The summed E-state index contributed by atoms with van der Waals surface area (Å²) in [7, 11) is 1.79. The number of halogens is 2. The highest BCUT2D eigenvalue weighted by Crippen LogP contribution is 2.47. The molecule has 178 valence electrons. The van der Waals surface area contributed by atoms with Gasteiger partial charge in [0.2, 0.25) is 5.95 Å². The van der Waals surface area contributed by atoms with Gasteiger partial charge in [-0.05, 0) is 43.9 Å². The normalized spacial score (nSPS) is 19.3. The van der Waals surface area contributed by atoms with Crippen LogP contribution in [0.25, 0.3) is 5.69 Å². The third kappa shape index (κ3) is 3.76. The van der Waals surface area contributed by atoms with Crippen molar-refractivity contribution < 1.29 is 13.6 Å². The molecule has 2 aliphatic rings. The van der Waals surface area contributed by atoms with Gasteiger partial charge in [0.15, 0.2) is 0 Å². The van der Waals surface area contributed by atoms with Crippen LogP contribution in [0.15, 0.2) is 36.9 Å². The number of carbonyl (C=O) groups excluding carboxylic acids is 1. The number of hydrogen-bond acceptors (Lipinski definition) is 5. The van der Waals surface area contributed by atoms with E-state index >= 15 is 0 Å². The molecule has 0 bridgehead atoms. The standard InChI is InChI=1S/C24H27F2N7O/c1-14(2)19-11-31(4)23(34)33(19)21-5-8-27-22(29-21)30-24(6-7-24)20-12-32(13-28-20)16-9-17(25)15(3)18(26)10-16/h5,8-10,12-14,19H,6-7,11H2,1-4H3,(H,27,29,30). The maximum atomic E-state index is 14.0. The van der Waals surface area contributed by atoms with E-state index in [-0.39, 0.29) is 23.6 Å². The third-order valence-corrected chi connectivity index (χ3v) is 6.72. The van der Waals surface area contributed by atoms with Crippen molar-refractivity contribution in [3.63, 3.8) is 0 Å². The summed E-state index contributed by atoms with van der Waals surface area (Å²) in [5, 5.41) is 3.38. The quantitative estimate of drug-likeness (QED) is 0.587. The monoisotopic (exact) mass is 467 g/mol. The number of urea groups is 1. The van der Waals surface area contributed by atoms with E-state index in [0.29, 0.717) is 24.0 Å². The van der Waals surface area contributed by atoms with Crippen molar-refractivity contribution in [2.75, 3.05) is 23.8 Å². The number of anilines is 2. The number of hydrogen-bond donors (Lipinski definition) is 1. The van der Waals surface area contributed by atoms with Crippen LogP contribution in [0.2, 0.25) is 0 Å². The molecule has 1 aliphatic carbocycles. The molecule has 1 aliphatic heterocycles. The Balaban J connectivity index is 1.39. The largest absolute Gasteiger partial charge is 0.343 e. The second-order valence-corrected chi connectivity index (χ2v) is 9.49. The maximum absolute atomic E-state index is 14.0. The van der Waals surface area contributed by atoms with Crippen molar-refractivity contribution in [1.29, 1.82) is 0 Å². The Morgan fingerprint density at radius 3 is 2.53 bits per heavy atom. The topological polar surface area (TPSA) is 79.2 Å². The Labute approximate surface area is 196 Å². The Morgan fingerprint density at radius 1 is 1.18 bits per heavy atom. The second kappa shape index (κ2) is 8.03. The van der Waals surface area contributed by atoms with E-state index in [2.05, 4.69) is 34.1 Å². The fourth-order valence-corrected chi connectivity index (χ4v) is 4.36. The zero-order chi connectivity index (χ0) is 24.2. The lowest BCUT2D eigenvalue weighted by Gasteiger charge is -2.25. The molecule has 2 amide bonds. The van der Waals surface area contributed by atoms with Gasteiger partial charge in [-0.1, -0.05) is 13.8 Å². The van der Waals surface area contributed by atoms with Crippen LogP contribution < -0.4 is 10.2 Å². The van der Waals surface area contributed by atoms with E-state index in [0.717, 1.165) is 18.5 Å². The average Bonchev–Trinajstić information content (AvgIpc) is 3.26. The summed E-state index contributed by atoms with van der Waals surface area (Å²) >= 11 is 0. The number of rotatable bonds is 6. The van der Waals surface area contributed by atoms with E-state index in [9.17, 15) is 13.6 Å². The minimum atomic E-state index is -0.600. The molecule has 1 atom stereocenters. The molecule has 1 N–H and O–H groups in total. The van der Waals surface area contributed by atoms with Crippen LogP contribution in [0, 0.1) is 24.5 Å². The Hall–Kier alpha value is -3.56. The molecule has 5 rings (SSSR count). The molecule has 3 heterocycles. The summed E-state index contributed by atoms with van der Waals surface area (Å²) in [6.07, 6.45) is 6.58. The molecule has 1 aromatic carbocycles. The fraction of sp³-hybridized carbons (Fsp3) is 0.417. The van der Waals surface area contributed by atoms with Gasteiger partial charge in [-0.2, -0.15) is 4.98 Å². The van der Waals surface area contributed by atoms with Crippen LogP contribution in [0.4, 0.5) is 25.3 Å². The zero-order valence-corrected chi connectivity index (χ0v) is 19.6. The van der Waals surface area contributed by atoms with Gasteiger partial charge in [0.25, 0.3) is 0 Å². The Morgan fingerprint density at radius 2 is 1.88 bits per heavy atom. The van der Waals surface area contributed by atoms with E-state index < -0.39 is 17.2 Å². The molecule has 1 unspecified atom stereocenters. The SMILES string of the molecule is Cc1c(F)cc(-n2cnc(C3(Nc4nccc(N5C(=O)N(C)CC5C(C)C)n4)CC3)c2)cc1F. The number of likely N-dealkylation sites (N-methyl/N-ethyl adjacent to an activating group) is 1. The van der Waals surface area contributed by atoms with E-state index in [4.69, 9.17) is 0 Å². The van der Waals surface area contributed by atoms with Gasteiger partial charge in [-0.15, -0.1) is 0 Å². The predicted octanol–water partition coefficient (Wildman–Crippen LogP) is 4.25. The number of imidazole rings is 1. The molecule has 2 fully saturated rings. The van der Waals surface area contributed by atoms with Crippen LogP contribution >= 0.6 is 0 Å². The lowest BCUT2D eigenvalue weighted by atomic mass is 10.0. The highest BCUT2D eigenvalue weighted by molar-refractivity contribution is 5.94. The van der Waals surface area contributed by atoms with Crippen molar-refractivity contribution in [2.45, 2.75) is 45.2 Å². The van der Waals surface area contributed by atoms with Crippen LogP contribution in [-0.4, -0.2) is 50.1 Å². The lowest BCUT2D eigenvalue weighted by Crippen LogP contribution is -2.38. The van der Waals surface area contributed by atoms with Crippen LogP contribution in [-0.2, 0) is 5.54 Å². The van der Waals surface area contributed by atoms with Gasteiger partial charge in [-0.25, -0.2) is 23.5 Å². The van der Waals surface area contributed by atoms with Crippen molar-refractivity contribution >= 4 is 17.8 Å². The highest BCUT2D eigenvalue weighted by Gasteiger charge is 2.47. The molecule has 8 nitrogen and oxygen atoms in total. The van der Waals surface area contributed by atoms with Gasteiger partial charge in [0, 0.05) is 31.5 Å². The summed E-state index contributed by atoms with van der Waals surface area (Å²) in [6.45, 7) is 6.23. The Kier molecular flexibility index (Phi) is 5.26. The molecule has 3 aromatic rings. The number of aromatic nitrogens is 4. The van der Waals surface area contributed by atoms with Gasteiger partial charge < -0.3 is 14.8 Å². The van der Waals surface area contributed by atoms with Gasteiger partial charge >= 0.3 is 6.03 Å². The number of nitrogens with one attached hydrogen (secondary N) is 1. The molecule has 1 saturated heterocycles. The molecule has 0 spiro atoms. The molecular weight excluding hydrogens is 440 g/mol. The van der Waals surface area contributed by atoms with Crippen molar-refractivity contribution in [3.8, 4) is 5.69 Å². The second-order valence-electron chi connectivity index (χ2n) is 9.49. The van der Waals surface area contributed by atoms with E-state index in [1.165, 1.54) is 19.1 Å². The minimum Gasteiger partial charge on any atom is -0.343 e. The van der Waals surface area contributed by atoms with E-state index in [1.807, 2.05) is 0 Å². The smallest absolute Gasteiger partial charge is 0.325 e. The van der Waals surface area contributed by atoms with Crippen LogP contribution in [0.3, 0.4) is 0 Å². The first-order valence-corrected chi connectivity index (χ1v) is 11.3. The highest BCUT2D eigenvalue weighted by atomic mass is 19.1. The number of benzene rings is 1. The minimum absolute atomic E-state index is 0.0103. The molecule has 34 heavy (non-hydrogen) atoms. The summed E-state index contributed by atoms with van der Waals surface area (Å²) in [4.78, 5) is 29.7. The summed E-state index contributed by atoms with van der Waals surface area (Å²) in [5.74, 6) is 0.0304. The molecule has 0 radical (unpaired) electrons. The molecule has 10 heteroatoms. The van der Waals surface area contributed by atoms with Gasteiger partial charge in [0.1, 0.15) is 17.5 Å². The molecule has 2 aromatic heterocycles. The average molecular weight is 468 g/mol. The number of amides is 2. The summed E-state index contributed by atoms with van der Waals surface area (Å²) < 4.78 is 29.7. The third-order valence-electron chi connectivity index (χ3n) is 6.72. The zero-order valence-electron chi connectivity index (χ0n) is 19.6. The fourth-order valence-electron chi connectivity index (χ4n) is 4.36. The van der Waals surface area contributed by atoms with Crippen LogP contribution in [0.5, 0.6) is 0 Å². The summed E-state index contributed by atoms with van der Waals surface area (Å²) in [6, 6.07) is 4.27. The Bertz CT molecular complexity index is 1230. The first-order valence-electron chi connectivity index (χ1n) is 11.3. The van der Waals surface area contributed by atoms with E-state index in [1.54, 1.807) is 46.2 Å². The van der Waals surface area contributed by atoms with Crippen molar-refractivity contribution in [3.05, 3.63) is 59.8 Å². The van der Waals surface area contributed by atoms with Gasteiger partial charge in [0.05, 0.1) is 29.3 Å².